The zero-order valence-electron chi connectivity index (χ0n) is 11.0. The Balaban J connectivity index is 2.05. The van der Waals surface area contributed by atoms with E-state index in [2.05, 4.69) is 4.98 Å². The molecule has 0 saturated heterocycles. The summed E-state index contributed by atoms with van der Waals surface area (Å²) in [6, 6.07) is 5.85. The standard InChI is InChI=1S/C14H16N2OS2/c1-9-3-4-11(14(15)18)12(7-9)17-6-5-13-10(2)16-8-19-13/h3-4,7-8H,5-6H2,1-2H3,(H2,15,18). The normalized spacial score (nSPS) is 10.4. The van der Waals surface area contributed by atoms with Crippen LogP contribution in [0.3, 0.4) is 0 Å². The van der Waals surface area contributed by atoms with Crippen LogP contribution < -0.4 is 10.5 Å². The first kappa shape index (κ1) is 14.0. The summed E-state index contributed by atoms with van der Waals surface area (Å²) < 4.78 is 5.82. The minimum Gasteiger partial charge on any atom is -0.492 e. The van der Waals surface area contributed by atoms with E-state index in [-0.39, 0.29) is 0 Å². The number of aromatic nitrogens is 1. The van der Waals surface area contributed by atoms with Crippen LogP contribution >= 0.6 is 23.6 Å². The number of ether oxygens (including phenoxy) is 1. The van der Waals surface area contributed by atoms with Crippen LogP contribution in [-0.2, 0) is 6.42 Å². The molecule has 2 aromatic rings. The predicted octanol–water partition coefficient (Wildman–Crippen LogP) is 3.02. The van der Waals surface area contributed by atoms with E-state index in [0.717, 1.165) is 29.0 Å². The fourth-order valence-corrected chi connectivity index (χ4v) is 2.70. The highest BCUT2D eigenvalue weighted by atomic mass is 32.1. The number of hydrogen-bond acceptors (Lipinski definition) is 4. The van der Waals surface area contributed by atoms with E-state index in [9.17, 15) is 0 Å². The number of hydrogen-bond donors (Lipinski definition) is 1. The largest absolute Gasteiger partial charge is 0.492 e. The summed E-state index contributed by atoms with van der Waals surface area (Å²) in [4.78, 5) is 5.84. The van der Waals surface area contributed by atoms with Gasteiger partial charge in [-0.25, -0.2) is 4.98 Å². The maximum atomic E-state index is 5.82. The highest BCUT2D eigenvalue weighted by Crippen LogP contribution is 2.21. The van der Waals surface area contributed by atoms with Crippen LogP contribution in [-0.4, -0.2) is 16.6 Å². The molecule has 0 atom stereocenters. The molecule has 5 heteroatoms. The van der Waals surface area contributed by atoms with Crippen molar-refractivity contribution in [3.05, 3.63) is 45.4 Å². The zero-order chi connectivity index (χ0) is 13.8. The van der Waals surface area contributed by atoms with E-state index >= 15 is 0 Å². The van der Waals surface area contributed by atoms with E-state index in [1.165, 1.54) is 4.88 Å². The van der Waals surface area contributed by atoms with Crippen molar-refractivity contribution in [2.24, 2.45) is 5.73 Å². The number of nitrogens with zero attached hydrogens (tertiary/aromatic N) is 1. The summed E-state index contributed by atoms with van der Waals surface area (Å²) in [5, 5.41) is 0. The van der Waals surface area contributed by atoms with Gasteiger partial charge in [0.25, 0.3) is 0 Å². The van der Waals surface area contributed by atoms with E-state index in [1.807, 2.05) is 37.6 Å². The Kier molecular flexibility index (Phi) is 4.50. The molecule has 0 saturated carbocycles. The van der Waals surface area contributed by atoms with Crippen molar-refractivity contribution < 1.29 is 4.74 Å². The number of rotatable bonds is 5. The summed E-state index contributed by atoms with van der Waals surface area (Å²) in [6.45, 7) is 4.63. The van der Waals surface area contributed by atoms with Gasteiger partial charge < -0.3 is 10.5 Å². The van der Waals surface area contributed by atoms with Gasteiger partial charge in [-0.2, -0.15) is 0 Å². The Labute approximate surface area is 122 Å². The molecule has 0 aliphatic rings. The van der Waals surface area contributed by atoms with E-state index in [4.69, 9.17) is 22.7 Å². The monoisotopic (exact) mass is 292 g/mol. The fourth-order valence-electron chi connectivity index (χ4n) is 1.77. The van der Waals surface area contributed by atoms with Crippen LogP contribution in [0.15, 0.2) is 23.7 Å². The molecule has 19 heavy (non-hydrogen) atoms. The maximum absolute atomic E-state index is 5.82. The number of thiazole rings is 1. The van der Waals surface area contributed by atoms with E-state index in [1.54, 1.807) is 11.3 Å². The van der Waals surface area contributed by atoms with Crippen LogP contribution in [0, 0.1) is 13.8 Å². The second-order valence-corrected chi connectivity index (χ2v) is 5.70. The van der Waals surface area contributed by atoms with Gasteiger partial charge in [-0.05, 0) is 31.5 Å². The second-order valence-electron chi connectivity index (χ2n) is 4.32. The van der Waals surface area contributed by atoms with Crippen LogP contribution in [0.2, 0.25) is 0 Å². The Morgan fingerprint density at radius 1 is 1.42 bits per heavy atom. The molecule has 2 N–H and O–H groups in total. The quantitative estimate of drug-likeness (QED) is 0.861. The molecule has 3 nitrogen and oxygen atoms in total. The molecular weight excluding hydrogens is 276 g/mol. The summed E-state index contributed by atoms with van der Waals surface area (Å²) >= 11 is 6.69. The van der Waals surface area contributed by atoms with Crippen molar-refractivity contribution in [1.29, 1.82) is 0 Å². The van der Waals surface area contributed by atoms with Crippen molar-refractivity contribution in [1.82, 2.24) is 4.98 Å². The van der Waals surface area contributed by atoms with E-state index < -0.39 is 0 Å². The van der Waals surface area contributed by atoms with E-state index in [0.29, 0.717) is 11.6 Å². The van der Waals surface area contributed by atoms with Crippen molar-refractivity contribution in [3.8, 4) is 5.75 Å². The van der Waals surface area contributed by atoms with Gasteiger partial charge in [0.1, 0.15) is 10.7 Å². The Morgan fingerprint density at radius 2 is 2.21 bits per heavy atom. The Hall–Kier alpha value is -1.46. The molecule has 0 amide bonds. The lowest BCUT2D eigenvalue weighted by Gasteiger charge is -2.11. The first-order valence-electron chi connectivity index (χ1n) is 6.00. The van der Waals surface area contributed by atoms with Gasteiger partial charge in [0.05, 0.1) is 23.4 Å². The SMILES string of the molecule is Cc1ccc(C(N)=S)c(OCCc2scnc2C)c1. The third-order valence-electron chi connectivity index (χ3n) is 2.83. The molecule has 0 spiro atoms. The second kappa shape index (κ2) is 6.12. The summed E-state index contributed by atoms with van der Waals surface area (Å²) in [7, 11) is 0. The van der Waals surface area contributed by atoms with Crippen molar-refractivity contribution >= 4 is 28.5 Å². The van der Waals surface area contributed by atoms with Gasteiger partial charge in [0.15, 0.2) is 0 Å². The lowest BCUT2D eigenvalue weighted by Crippen LogP contribution is -2.12. The fraction of sp³-hybridized carbons (Fsp3) is 0.286. The molecule has 0 unspecified atom stereocenters. The number of aryl methyl sites for hydroxylation is 2. The average Bonchev–Trinajstić information content (AvgIpc) is 2.75. The van der Waals surface area contributed by atoms with Gasteiger partial charge in [-0.1, -0.05) is 18.3 Å². The van der Waals surface area contributed by atoms with Crippen LogP contribution in [0.5, 0.6) is 5.75 Å². The topological polar surface area (TPSA) is 48.1 Å². The summed E-state index contributed by atoms with van der Waals surface area (Å²) in [5.41, 5.74) is 10.6. The first-order chi connectivity index (χ1) is 9.08. The maximum Gasteiger partial charge on any atom is 0.129 e. The lowest BCUT2D eigenvalue weighted by atomic mass is 10.1. The van der Waals surface area contributed by atoms with Gasteiger partial charge in [0, 0.05) is 11.3 Å². The van der Waals surface area contributed by atoms with Crippen LogP contribution in [0.1, 0.15) is 21.7 Å². The van der Waals surface area contributed by atoms with Crippen LogP contribution in [0.4, 0.5) is 0 Å². The number of benzene rings is 1. The first-order valence-corrected chi connectivity index (χ1v) is 7.29. The summed E-state index contributed by atoms with van der Waals surface area (Å²) in [5.74, 6) is 0.759. The molecule has 100 valence electrons. The average molecular weight is 292 g/mol. The molecule has 0 aliphatic carbocycles. The predicted molar refractivity (Wildman–Crippen MR) is 83.1 cm³/mol. The minimum absolute atomic E-state index is 0.365. The van der Waals surface area contributed by atoms with Crippen molar-refractivity contribution in [2.45, 2.75) is 20.3 Å². The molecule has 0 radical (unpaired) electrons. The number of nitrogens with two attached hydrogens (primary N) is 1. The molecule has 1 aromatic heterocycles. The molecule has 2 rings (SSSR count). The molecule has 0 aliphatic heterocycles. The minimum atomic E-state index is 0.365. The summed E-state index contributed by atoms with van der Waals surface area (Å²) in [6.07, 6.45) is 0.848. The molecular formula is C14H16N2OS2. The van der Waals surface area contributed by atoms with Gasteiger partial charge in [-0.3, -0.25) is 0 Å². The Bertz CT molecular complexity index is 593. The molecule has 0 fully saturated rings. The third-order valence-corrected chi connectivity index (χ3v) is 4.05. The van der Waals surface area contributed by atoms with Gasteiger partial charge >= 0.3 is 0 Å². The highest BCUT2D eigenvalue weighted by Gasteiger charge is 2.08. The van der Waals surface area contributed by atoms with Crippen molar-refractivity contribution in [2.75, 3.05) is 6.61 Å². The smallest absolute Gasteiger partial charge is 0.129 e. The number of thiocarbonyl (C=S) groups is 1. The van der Waals surface area contributed by atoms with Crippen molar-refractivity contribution in [3.63, 3.8) is 0 Å². The molecule has 0 bridgehead atoms. The van der Waals surface area contributed by atoms with Gasteiger partial charge in [-0.15, -0.1) is 11.3 Å². The third kappa shape index (κ3) is 3.52. The van der Waals surface area contributed by atoms with Gasteiger partial charge in [0.2, 0.25) is 0 Å². The molecule has 1 heterocycles. The zero-order valence-corrected chi connectivity index (χ0v) is 12.6. The lowest BCUT2D eigenvalue weighted by molar-refractivity contribution is 0.322. The Morgan fingerprint density at radius 3 is 2.84 bits per heavy atom. The van der Waals surface area contributed by atoms with Crippen LogP contribution in [0.25, 0.3) is 0 Å². The molecule has 1 aromatic carbocycles. The highest BCUT2D eigenvalue weighted by molar-refractivity contribution is 7.80.